The first-order valence-corrected chi connectivity index (χ1v) is 5.38. The lowest BCUT2D eigenvalue weighted by molar-refractivity contribution is 0.218. The molecule has 4 heteroatoms. The summed E-state index contributed by atoms with van der Waals surface area (Å²) < 4.78 is 31.2. The second-order valence-corrected chi connectivity index (χ2v) is 3.88. The van der Waals surface area contributed by atoms with E-state index in [9.17, 15) is 13.9 Å². The van der Waals surface area contributed by atoms with Gasteiger partial charge in [0, 0.05) is 6.07 Å². The van der Waals surface area contributed by atoms with E-state index in [1.807, 2.05) is 0 Å². The van der Waals surface area contributed by atoms with E-state index in [1.54, 1.807) is 24.3 Å². The Balaban J connectivity index is 2.37. The number of benzene rings is 2. The van der Waals surface area contributed by atoms with Crippen molar-refractivity contribution in [2.45, 2.75) is 6.10 Å². The Morgan fingerprint density at radius 2 is 1.67 bits per heavy atom. The maximum absolute atomic E-state index is 13.1. The molecule has 1 N–H and O–H groups in total. The summed E-state index contributed by atoms with van der Waals surface area (Å²) >= 11 is 0. The van der Waals surface area contributed by atoms with Crippen LogP contribution in [0.3, 0.4) is 0 Å². The van der Waals surface area contributed by atoms with E-state index >= 15 is 0 Å². The maximum Gasteiger partial charge on any atom is 0.126 e. The van der Waals surface area contributed by atoms with Gasteiger partial charge in [-0.1, -0.05) is 12.1 Å². The predicted octanol–water partition coefficient (Wildman–Crippen LogP) is 3.06. The van der Waals surface area contributed by atoms with Gasteiger partial charge in [0.2, 0.25) is 0 Å². The quantitative estimate of drug-likeness (QED) is 0.907. The molecule has 2 nitrogen and oxygen atoms in total. The van der Waals surface area contributed by atoms with Gasteiger partial charge in [-0.25, -0.2) is 8.78 Å². The number of hydrogen-bond donors (Lipinski definition) is 1. The van der Waals surface area contributed by atoms with E-state index < -0.39 is 17.7 Å². The summed E-state index contributed by atoms with van der Waals surface area (Å²) in [6.45, 7) is 0. The first-order chi connectivity index (χ1) is 8.60. The number of ether oxygens (including phenoxy) is 1. The molecule has 1 unspecified atom stereocenters. The molecule has 0 radical (unpaired) electrons. The average Bonchev–Trinajstić information content (AvgIpc) is 2.37. The lowest BCUT2D eigenvalue weighted by Crippen LogP contribution is -2.01. The molecule has 94 valence electrons. The van der Waals surface area contributed by atoms with Crippen molar-refractivity contribution >= 4 is 0 Å². The molecule has 0 saturated heterocycles. The molecule has 2 rings (SSSR count). The SMILES string of the molecule is COc1cccc(C(O)c2cc(F)cc(F)c2)c1. The lowest BCUT2D eigenvalue weighted by atomic mass is 10.0. The van der Waals surface area contributed by atoms with E-state index in [0.717, 1.165) is 18.2 Å². The van der Waals surface area contributed by atoms with Crippen LogP contribution >= 0.6 is 0 Å². The van der Waals surface area contributed by atoms with Crippen LogP contribution in [-0.4, -0.2) is 12.2 Å². The monoisotopic (exact) mass is 250 g/mol. The number of aliphatic hydroxyl groups excluding tert-OH is 1. The van der Waals surface area contributed by atoms with Crippen LogP contribution in [0, 0.1) is 11.6 Å². The third kappa shape index (κ3) is 2.65. The van der Waals surface area contributed by atoms with Crippen LogP contribution in [0.2, 0.25) is 0 Å². The van der Waals surface area contributed by atoms with Crippen molar-refractivity contribution in [2.75, 3.05) is 7.11 Å². The van der Waals surface area contributed by atoms with Crippen molar-refractivity contribution in [3.05, 3.63) is 65.2 Å². The highest BCUT2D eigenvalue weighted by molar-refractivity contribution is 5.35. The summed E-state index contributed by atoms with van der Waals surface area (Å²) in [5.74, 6) is -0.859. The molecule has 0 aliphatic carbocycles. The zero-order valence-electron chi connectivity index (χ0n) is 9.73. The smallest absolute Gasteiger partial charge is 0.126 e. The van der Waals surface area contributed by atoms with E-state index in [-0.39, 0.29) is 5.56 Å². The van der Waals surface area contributed by atoms with Crippen LogP contribution in [0.5, 0.6) is 5.75 Å². The minimum Gasteiger partial charge on any atom is -0.497 e. The van der Waals surface area contributed by atoms with Crippen LogP contribution in [0.1, 0.15) is 17.2 Å². The molecule has 0 spiro atoms. The summed E-state index contributed by atoms with van der Waals surface area (Å²) in [4.78, 5) is 0. The topological polar surface area (TPSA) is 29.5 Å². The van der Waals surface area contributed by atoms with Gasteiger partial charge in [-0.2, -0.15) is 0 Å². The minimum absolute atomic E-state index is 0.167. The molecule has 0 saturated carbocycles. The molecule has 0 aromatic heterocycles. The Labute approximate surface area is 103 Å². The third-order valence-corrected chi connectivity index (χ3v) is 2.61. The summed E-state index contributed by atoms with van der Waals surface area (Å²) in [6.07, 6.45) is -1.09. The van der Waals surface area contributed by atoms with Crippen molar-refractivity contribution in [3.8, 4) is 5.75 Å². The zero-order valence-corrected chi connectivity index (χ0v) is 9.73. The van der Waals surface area contributed by atoms with Crippen molar-refractivity contribution in [1.82, 2.24) is 0 Å². The van der Waals surface area contributed by atoms with Crippen LogP contribution in [0.15, 0.2) is 42.5 Å². The number of rotatable bonds is 3. The second-order valence-electron chi connectivity index (χ2n) is 3.88. The van der Waals surface area contributed by atoms with E-state index in [4.69, 9.17) is 4.74 Å². The van der Waals surface area contributed by atoms with Crippen LogP contribution in [-0.2, 0) is 0 Å². The first-order valence-electron chi connectivity index (χ1n) is 5.38. The summed E-state index contributed by atoms with van der Waals surface area (Å²) in [6, 6.07) is 9.68. The van der Waals surface area contributed by atoms with E-state index in [2.05, 4.69) is 0 Å². The number of hydrogen-bond acceptors (Lipinski definition) is 2. The van der Waals surface area contributed by atoms with Gasteiger partial charge in [0.15, 0.2) is 0 Å². The fourth-order valence-electron chi connectivity index (χ4n) is 1.74. The number of aliphatic hydroxyl groups is 1. The molecule has 18 heavy (non-hydrogen) atoms. The highest BCUT2D eigenvalue weighted by Crippen LogP contribution is 2.26. The van der Waals surface area contributed by atoms with Gasteiger partial charge < -0.3 is 9.84 Å². The van der Waals surface area contributed by atoms with Gasteiger partial charge >= 0.3 is 0 Å². The maximum atomic E-state index is 13.1. The van der Waals surface area contributed by atoms with Crippen molar-refractivity contribution in [2.24, 2.45) is 0 Å². The van der Waals surface area contributed by atoms with Gasteiger partial charge in [0.25, 0.3) is 0 Å². The molecule has 0 amide bonds. The Kier molecular flexibility index (Phi) is 3.58. The van der Waals surface area contributed by atoms with Gasteiger partial charge in [0.05, 0.1) is 7.11 Å². The van der Waals surface area contributed by atoms with Gasteiger partial charge in [-0.15, -0.1) is 0 Å². The molecule has 1 atom stereocenters. The van der Waals surface area contributed by atoms with E-state index in [1.165, 1.54) is 7.11 Å². The minimum atomic E-state index is -1.09. The van der Waals surface area contributed by atoms with Gasteiger partial charge in [0.1, 0.15) is 23.5 Å². The lowest BCUT2D eigenvalue weighted by Gasteiger charge is -2.12. The highest BCUT2D eigenvalue weighted by atomic mass is 19.1. The molecule has 2 aromatic rings. The molecule has 0 aliphatic rings. The fourth-order valence-corrected chi connectivity index (χ4v) is 1.74. The summed E-state index contributed by atoms with van der Waals surface area (Å²) in [5.41, 5.74) is 0.681. The van der Waals surface area contributed by atoms with Crippen molar-refractivity contribution in [3.63, 3.8) is 0 Å². The summed E-state index contributed by atoms with van der Waals surface area (Å²) in [7, 11) is 1.51. The van der Waals surface area contributed by atoms with Crippen molar-refractivity contribution in [1.29, 1.82) is 0 Å². The Hall–Kier alpha value is -1.94. The Morgan fingerprint density at radius 1 is 1.00 bits per heavy atom. The Morgan fingerprint density at radius 3 is 2.28 bits per heavy atom. The average molecular weight is 250 g/mol. The third-order valence-electron chi connectivity index (χ3n) is 2.61. The number of methoxy groups -OCH3 is 1. The molecule has 0 aliphatic heterocycles. The molecule has 0 fully saturated rings. The second kappa shape index (κ2) is 5.14. The van der Waals surface area contributed by atoms with Gasteiger partial charge in [-0.3, -0.25) is 0 Å². The largest absolute Gasteiger partial charge is 0.497 e. The molecule has 2 aromatic carbocycles. The molecule has 0 heterocycles. The standard InChI is InChI=1S/C14H12F2O2/c1-18-13-4-2-3-9(7-13)14(17)10-5-11(15)8-12(16)6-10/h2-8,14,17H,1H3. The van der Waals surface area contributed by atoms with E-state index in [0.29, 0.717) is 11.3 Å². The van der Waals surface area contributed by atoms with Crippen LogP contribution < -0.4 is 4.74 Å². The van der Waals surface area contributed by atoms with Crippen LogP contribution in [0.25, 0.3) is 0 Å². The van der Waals surface area contributed by atoms with Crippen molar-refractivity contribution < 1.29 is 18.6 Å². The summed E-state index contributed by atoms with van der Waals surface area (Å²) in [5, 5.41) is 10.1. The molecular weight excluding hydrogens is 238 g/mol. The fraction of sp³-hybridized carbons (Fsp3) is 0.143. The van der Waals surface area contributed by atoms with Crippen LogP contribution in [0.4, 0.5) is 8.78 Å². The van der Waals surface area contributed by atoms with Gasteiger partial charge in [-0.05, 0) is 35.4 Å². The normalized spacial score (nSPS) is 12.2. The zero-order chi connectivity index (χ0) is 13.1. The molecule has 0 bridgehead atoms. The molecular formula is C14H12F2O2. The highest BCUT2D eigenvalue weighted by Gasteiger charge is 2.13. The first kappa shape index (κ1) is 12.5. The Bertz CT molecular complexity index is 535. The number of halogens is 2. The predicted molar refractivity (Wildman–Crippen MR) is 63.4 cm³/mol.